The van der Waals surface area contributed by atoms with E-state index in [4.69, 9.17) is 11.6 Å². The van der Waals surface area contributed by atoms with Gasteiger partial charge in [-0.15, -0.1) is 0 Å². The van der Waals surface area contributed by atoms with Gasteiger partial charge in [-0.25, -0.2) is 12.8 Å². The minimum Gasteiger partial charge on any atom is -0.332 e. The molecule has 4 rings (SSSR count). The Kier molecular flexibility index (Phi) is 6.14. The van der Waals surface area contributed by atoms with Crippen LogP contribution in [0.2, 0.25) is 5.02 Å². The van der Waals surface area contributed by atoms with Gasteiger partial charge in [0.1, 0.15) is 10.7 Å². The number of carbonyl (C=O) groups excluding carboxylic acids is 1. The summed E-state index contributed by atoms with van der Waals surface area (Å²) in [5, 5.41) is 0.119. The van der Waals surface area contributed by atoms with Crippen LogP contribution in [0.4, 0.5) is 4.39 Å². The lowest BCUT2D eigenvalue weighted by Gasteiger charge is -2.27. The topological polar surface area (TPSA) is 57.7 Å². The highest BCUT2D eigenvalue weighted by Gasteiger charge is 2.33. The fraction of sp³-hybridized carbons (Fsp3) is 0.409. The molecule has 0 saturated carbocycles. The summed E-state index contributed by atoms with van der Waals surface area (Å²) in [6.45, 7) is 1.50. The summed E-state index contributed by atoms with van der Waals surface area (Å²) < 4.78 is 40.9. The molecule has 2 aliphatic rings. The molecule has 2 aromatic carbocycles. The second-order valence-corrected chi connectivity index (χ2v) is 10.1. The van der Waals surface area contributed by atoms with Gasteiger partial charge in [0, 0.05) is 25.2 Å². The van der Waals surface area contributed by atoms with E-state index in [0.29, 0.717) is 25.2 Å². The van der Waals surface area contributed by atoms with Gasteiger partial charge in [0.15, 0.2) is 0 Å². The lowest BCUT2D eigenvalue weighted by molar-refractivity contribution is 0.0735. The average Bonchev–Trinajstić information content (AvgIpc) is 3.24. The van der Waals surface area contributed by atoms with Crippen molar-refractivity contribution in [2.24, 2.45) is 0 Å². The molecule has 2 aliphatic heterocycles. The van der Waals surface area contributed by atoms with Crippen molar-refractivity contribution in [1.82, 2.24) is 9.21 Å². The van der Waals surface area contributed by atoms with E-state index in [1.54, 1.807) is 23.1 Å². The highest BCUT2D eigenvalue weighted by atomic mass is 35.5. The molecule has 0 aromatic heterocycles. The molecule has 1 atom stereocenters. The summed E-state index contributed by atoms with van der Waals surface area (Å²) in [5.41, 5.74) is 1.17. The molecule has 0 bridgehead atoms. The Morgan fingerprint density at radius 3 is 2.37 bits per heavy atom. The third-order valence-electron chi connectivity index (χ3n) is 5.88. The monoisotopic (exact) mass is 450 g/mol. The molecule has 5 nitrogen and oxygen atoms in total. The van der Waals surface area contributed by atoms with Gasteiger partial charge in [0.2, 0.25) is 10.0 Å². The van der Waals surface area contributed by atoms with Crippen LogP contribution in [0.3, 0.4) is 0 Å². The molecule has 8 heteroatoms. The van der Waals surface area contributed by atoms with E-state index in [-0.39, 0.29) is 27.7 Å². The summed E-state index contributed by atoms with van der Waals surface area (Å²) in [7, 11) is -3.75. The second kappa shape index (κ2) is 8.65. The zero-order chi connectivity index (χ0) is 21.3. The maximum Gasteiger partial charge on any atom is 0.254 e. The van der Waals surface area contributed by atoms with Gasteiger partial charge in [-0.3, -0.25) is 4.79 Å². The third-order valence-corrected chi connectivity index (χ3v) is 8.26. The minimum absolute atomic E-state index is 0.0190. The zero-order valence-electron chi connectivity index (χ0n) is 16.6. The molecule has 2 fully saturated rings. The molecule has 0 spiro atoms. The van der Waals surface area contributed by atoms with Crippen molar-refractivity contribution in [3.05, 3.63) is 64.4 Å². The van der Waals surface area contributed by atoms with E-state index in [1.807, 2.05) is 0 Å². The molecule has 30 heavy (non-hydrogen) atoms. The number of hydrogen-bond donors (Lipinski definition) is 0. The van der Waals surface area contributed by atoms with E-state index in [2.05, 4.69) is 0 Å². The van der Waals surface area contributed by atoms with E-state index >= 15 is 0 Å². The first kappa shape index (κ1) is 21.3. The van der Waals surface area contributed by atoms with Gasteiger partial charge in [-0.1, -0.05) is 30.2 Å². The lowest BCUT2D eigenvalue weighted by atomic mass is 10.0. The van der Waals surface area contributed by atoms with E-state index in [1.165, 1.54) is 28.6 Å². The SMILES string of the molecule is O=C(c1ccc(Cl)c(S(=O)(=O)N2CCCCC2)c1)N1CCCC1c1ccc(F)cc1. The number of nitrogens with zero attached hydrogens (tertiary/aromatic N) is 2. The van der Waals surface area contributed by atoms with Gasteiger partial charge in [-0.05, 0) is 61.6 Å². The van der Waals surface area contributed by atoms with Gasteiger partial charge < -0.3 is 4.90 Å². The van der Waals surface area contributed by atoms with Crippen molar-refractivity contribution >= 4 is 27.5 Å². The first-order chi connectivity index (χ1) is 14.4. The van der Waals surface area contributed by atoms with Crippen LogP contribution < -0.4 is 0 Å². The largest absolute Gasteiger partial charge is 0.332 e. The van der Waals surface area contributed by atoms with Crippen LogP contribution in [0.5, 0.6) is 0 Å². The Bertz CT molecular complexity index is 1040. The van der Waals surface area contributed by atoms with Crippen LogP contribution in [0.15, 0.2) is 47.4 Å². The molecule has 1 unspecified atom stereocenters. The van der Waals surface area contributed by atoms with Crippen LogP contribution in [-0.4, -0.2) is 43.2 Å². The number of amides is 1. The number of sulfonamides is 1. The number of piperidine rings is 1. The van der Waals surface area contributed by atoms with Crippen LogP contribution in [0.25, 0.3) is 0 Å². The van der Waals surface area contributed by atoms with Crippen LogP contribution in [0, 0.1) is 5.82 Å². The Morgan fingerprint density at radius 2 is 1.67 bits per heavy atom. The predicted octanol–water partition coefficient (Wildman–Crippen LogP) is 4.63. The molecule has 0 radical (unpaired) electrons. The fourth-order valence-electron chi connectivity index (χ4n) is 4.29. The van der Waals surface area contributed by atoms with Gasteiger partial charge in [0.05, 0.1) is 11.1 Å². The summed E-state index contributed by atoms with van der Waals surface area (Å²) in [6, 6.07) is 10.5. The van der Waals surface area contributed by atoms with Crippen molar-refractivity contribution in [2.75, 3.05) is 19.6 Å². The average molecular weight is 451 g/mol. The summed E-state index contributed by atoms with van der Waals surface area (Å²) >= 11 is 6.24. The number of rotatable bonds is 4. The smallest absolute Gasteiger partial charge is 0.254 e. The van der Waals surface area contributed by atoms with Crippen LogP contribution in [0.1, 0.15) is 54.1 Å². The molecule has 160 valence electrons. The maximum atomic E-state index is 13.3. The fourth-order valence-corrected chi connectivity index (χ4v) is 6.30. The maximum absolute atomic E-state index is 13.3. The third kappa shape index (κ3) is 4.11. The Hall–Kier alpha value is -1.96. The Balaban J connectivity index is 1.63. The Morgan fingerprint density at radius 1 is 0.967 bits per heavy atom. The van der Waals surface area contributed by atoms with Gasteiger partial charge in [0.25, 0.3) is 5.91 Å². The molecule has 0 aliphatic carbocycles. The normalized spacial score (nSPS) is 20.5. The first-order valence-corrected chi connectivity index (χ1v) is 12.1. The van der Waals surface area contributed by atoms with Crippen LogP contribution >= 0.6 is 11.6 Å². The highest BCUT2D eigenvalue weighted by molar-refractivity contribution is 7.89. The first-order valence-electron chi connectivity index (χ1n) is 10.2. The molecule has 2 saturated heterocycles. The number of likely N-dealkylation sites (tertiary alicyclic amines) is 1. The van der Waals surface area contributed by atoms with Gasteiger partial charge >= 0.3 is 0 Å². The van der Waals surface area contributed by atoms with Crippen LogP contribution in [-0.2, 0) is 10.0 Å². The molecule has 1 amide bonds. The standard InChI is InChI=1S/C22H24ClFN2O3S/c23-19-11-8-17(15-21(19)30(28,29)25-12-2-1-3-13-25)22(27)26-14-4-5-20(26)16-6-9-18(24)10-7-16/h6-11,15,20H,1-5,12-14H2. The molecule has 2 aromatic rings. The highest BCUT2D eigenvalue weighted by Crippen LogP contribution is 2.34. The number of benzene rings is 2. The summed E-state index contributed by atoms with van der Waals surface area (Å²) in [5.74, 6) is -0.562. The summed E-state index contributed by atoms with van der Waals surface area (Å²) in [4.78, 5) is 15.0. The van der Waals surface area contributed by atoms with E-state index < -0.39 is 10.0 Å². The van der Waals surface area contributed by atoms with Crippen molar-refractivity contribution in [3.63, 3.8) is 0 Å². The number of hydrogen-bond acceptors (Lipinski definition) is 3. The van der Waals surface area contributed by atoms with Crippen molar-refractivity contribution in [2.45, 2.75) is 43.0 Å². The molecule has 2 heterocycles. The predicted molar refractivity (Wildman–Crippen MR) is 113 cm³/mol. The quantitative estimate of drug-likeness (QED) is 0.682. The molecular formula is C22H24ClFN2O3S. The van der Waals surface area contributed by atoms with E-state index in [9.17, 15) is 17.6 Å². The molecule has 0 N–H and O–H groups in total. The van der Waals surface area contributed by atoms with Crippen molar-refractivity contribution in [3.8, 4) is 0 Å². The lowest BCUT2D eigenvalue weighted by Crippen LogP contribution is -2.36. The number of carbonyl (C=O) groups is 1. The minimum atomic E-state index is -3.75. The van der Waals surface area contributed by atoms with Crippen molar-refractivity contribution in [1.29, 1.82) is 0 Å². The zero-order valence-corrected chi connectivity index (χ0v) is 18.1. The van der Waals surface area contributed by atoms with Crippen molar-refractivity contribution < 1.29 is 17.6 Å². The molecular weight excluding hydrogens is 427 g/mol. The second-order valence-electron chi connectivity index (χ2n) is 7.82. The summed E-state index contributed by atoms with van der Waals surface area (Å²) in [6.07, 6.45) is 4.27. The van der Waals surface area contributed by atoms with E-state index in [0.717, 1.165) is 37.7 Å². The Labute approximate surface area is 181 Å². The van der Waals surface area contributed by atoms with Gasteiger partial charge in [-0.2, -0.15) is 4.31 Å². The number of halogens is 2.